The van der Waals surface area contributed by atoms with E-state index in [2.05, 4.69) is 29.3 Å². The highest BCUT2D eigenvalue weighted by Gasteiger charge is 2.12. The Morgan fingerprint density at radius 3 is 2.81 bits per heavy atom. The van der Waals surface area contributed by atoms with E-state index in [1.165, 1.54) is 0 Å². The summed E-state index contributed by atoms with van der Waals surface area (Å²) in [5.74, 6) is 2.31. The molecule has 0 radical (unpaired) electrons. The standard InChI is InChI=1S/C19H27N3O4/c1-4-6-12-25-16-9-8-14(24-3)13-15(16)20-18(23)10-11-19-21-17(7-5-2)22-26-19/h8-9,13H,4-7,10-12H2,1-3H3,(H,20,23). The van der Waals surface area contributed by atoms with Crippen LogP contribution in [0.1, 0.15) is 51.2 Å². The van der Waals surface area contributed by atoms with Crippen LogP contribution in [0.2, 0.25) is 0 Å². The number of aromatic nitrogens is 2. The van der Waals surface area contributed by atoms with Crippen LogP contribution in [-0.2, 0) is 17.6 Å². The highest BCUT2D eigenvalue weighted by molar-refractivity contribution is 5.92. The number of carbonyl (C=O) groups excluding carboxylic acids is 1. The van der Waals surface area contributed by atoms with Crippen LogP contribution < -0.4 is 14.8 Å². The average Bonchev–Trinajstić information content (AvgIpc) is 3.09. The first-order chi connectivity index (χ1) is 12.7. The minimum atomic E-state index is -0.145. The molecule has 7 heteroatoms. The van der Waals surface area contributed by atoms with E-state index in [4.69, 9.17) is 14.0 Å². The third-order valence-corrected chi connectivity index (χ3v) is 3.77. The van der Waals surface area contributed by atoms with Gasteiger partial charge in [-0.2, -0.15) is 4.98 Å². The zero-order valence-electron chi connectivity index (χ0n) is 15.7. The van der Waals surface area contributed by atoms with Gasteiger partial charge in [-0.15, -0.1) is 0 Å². The summed E-state index contributed by atoms with van der Waals surface area (Å²) in [6, 6.07) is 5.37. The van der Waals surface area contributed by atoms with Gasteiger partial charge in [-0.25, -0.2) is 0 Å². The molecule has 7 nitrogen and oxygen atoms in total. The van der Waals surface area contributed by atoms with Crippen molar-refractivity contribution in [3.8, 4) is 11.5 Å². The second-order valence-corrected chi connectivity index (χ2v) is 5.97. The molecule has 1 aromatic heterocycles. The highest BCUT2D eigenvalue weighted by Crippen LogP contribution is 2.29. The molecule has 1 amide bonds. The van der Waals surface area contributed by atoms with Crippen LogP contribution in [0.5, 0.6) is 11.5 Å². The topological polar surface area (TPSA) is 86.5 Å². The van der Waals surface area contributed by atoms with Crippen molar-refractivity contribution in [2.75, 3.05) is 19.0 Å². The van der Waals surface area contributed by atoms with Gasteiger partial charge in [0.25, 0.3) is 0 Å². The number of nitrogens with one attached hydrogen (secondary N) is 1. The van der Waals surface area contributed by atoms with Crippen LogP contribution in [0.4, 0.5) is 5.69 Å². The van der Waals surface area contributed by atoms with Crippen molar-refractivity contribution in [1.29, 1.82) is 0 Å². The quantitative estimate of drug-likeness (QED) is 0.613. The monoisotopic (exact) mass is 361 g/mol. The normalized spacial score (nSPS) is 10.6. The van der Waals surface area contributed by atoms with Gasteiger partial charge in [0.2, 0.25) is 11.8 Å². The van der Waals surface area contributed by atoms with Crippen molar-refractivity contribution in [3.63, 3.8) is 0 Å². The van der Waals surface area contributed by atoms with E-state index in [0.717, 1.165) is 25.7 Å². The fraction of sp³-hybridized carbons (Fsp3) is 0.526. The van der Waals surface area contributed by atoms with Gasteiger partial charge in [-0.1, -0.05) is 25.4 Å². The predicted octanol–water partition coefficient (Wildman–Crippen LogP) is 3.78. The summed E-state index contributed by atoms with van der Waals surface area (Å²) in [4.78, 5) is 16.6. The lowest BCUT2D eigenvalue weighted by molar-refractivity contribution is -0.116. The molecule has 0 saturated heterocycles. The number of amides is 1. The van der Waals surface area contributed by atoms with Crippen molar-refractivity contribution < 1.29 is 18.8 Å². The van der Waals surface area contributed by atoms with E-state index in [1.54, 1.807) is 19.2 Å². The SMILES string of the molecule is CCCCOc1ccc(OC)cc1NC(=O)CCc1nc(CCC)no1. The van der Waals surface area contributed by atoms with Gasteiger partial charge >= 0.3 is 0 Å². The van der Waals surface area contributed by atoms with Crippen LogP contribution in [-0.4, -0.2) is 29.8 Å². The van der Waals surface area contributed by atoms with E-state index in [-0.39, 0.29) is 12.3 Å². The summed E-state index contributed by atoms with van der Waals surface area (Å²) >= 11 is 0. The Balaban J connectivity index is 1.95. The first-order valence-electron chi connectivity index (χ1n) is 9.08. The van der Waals surface area contributed by atoms with E-state index in [0.29, 0.717) is 41.9 Å². The first kappa shape index (κ1) is 19.8. The molecule has 26 heavy (non-hydrogen) atoms. The van der Waals surface area contributed by atoms with Gasteiger partial charge in [0.1, 0.15) is 11.5 Å². The molecular weight excluding hydrogens is 334 g/mol. The molecule has 0 spiro atoms. The summed E-state index contributed by atoms with van der Waals surface area (Å²) in [6.45, 7) is 4.76. The van der Waals surface area contributed by atoms with Crippen LogP contribution in [0.15, 0.2) is 22.7 Å². The van der Waals surface area contributed by atoms with E-state index in [9.17, 15) is 4.79 Å². The molecule has 0 bridgehead atoms. The maximum Gasteiger partial charge on any atom is 0.227 e. The maximum atomic E-state index is 12.3. The van der Waals surface area contributed by atoms with Crippen LogP contribution >= 0.6 is 0 Å². The second kappa shape index (κ2) is 10.4. The molecule has 1 N–H and O–H groups in total. The molecule has 2 aromatic rings. The molecule has 1 heterocycles. The lowest BCUT2D eigenvalue weighted by Gasteiger charge is -2.13. The maximum absolute atomic E-state index is 12.3. The molecule has 0 unspecified atom stereocenters. The van der Waals surface area contributed by atoms with Crippen molar-refractivity contribution >= 4 is 11.6 Å². The molecule has 0 aliphatic heterocycles. The summed E-state index contributed by atoms with van der Waals surface area (Å²) in [5, 5.41) is 6.77. The fourth-order valence-corrected chi connectivity index (χ4v) is 2.34. The molecule has 2 rings (SSSR count). The number of carbonyl (C=O) groups is 1. The Morgan fingerprint density at radius 1 is 1.23 bits per heavy atom. The van der Waals surface area contributed by atoms with Gasteiger partial charge in [0, 0.05) is 25.3 Å². The summed E-state index contributed by atoms with van der Waals surface area (Å²) in [5.41, 5.74) is 0.600. The smallest absolute Gasteiger partial charge is 0.227 e. The van der Waals surface area contributed by atoms with Crippen molar-refractivity contribution in [3.05, 3.63) is 29.9 Å². The third kappa shape index (κ3) is 6.06. The molecule has 0 aliphatic carbocycles. The number of rotatable bonds is 11. The minimum absolute atomic E-state index is 0.145. The minimum Gasteiger partial charge on any atom is -0.497 e. The van der Waals surface area contributed by atoms with E-state index < -0.39 is 0 Å². The Bertz CT molecular complexity index is 700. The lowest BCUT2D eigenvalue weighted by atomic mass is 10.2. The Morgan fingerprint density at radius 2 is 2.08 bits per heavy atom. The average molecular weight is 361 g/mol. The van der Waals surface area contributed by atoms with Crippen molar-refractivity contribution in [1.82, 2.24) is 10.1 Å². The molecule has 0 atom stereocenters. The number of ether oxygens (including phenoxy) is 2. The molecule has 1 aromatic carbocycles. The van der Waals surface area contributed by atoms with Gasteiger partial charge < -0.3 is 19.3 Å². The zero-order valence-corrected chi connectivity index (χ0v) is 15.7. The number of benzene rings is 1. The molecule has 0 fully saturated rings. The molecule has 0 aliphatic rings. The Kier molecular flexibility index (Phi) is 7.92. The highest BCUT2D eigenvalue weighted by atomic mass is 16.5. The van der Waals surface area contributed by atoms with Gasteiger partial charge in [0.05, 0.1) is 19.4 Å². The fourth-order valence-electron chi connectivity index (χ4n) is 2.34. The lowest BCUT2D eigenvalue weighted by Crippen LogP contribution is -2.14. The zero-order chi connectivity index (χ0) is 18.8. The first-order valence-corrected chi connectivity index (χ1v) is 9.08. The summed E-state index contributed by atoms with van der Waals surface area (Å²) in [7, 11) is 1.59. The van der Waals surface area contributed by atoms with E-state index in [1.807, 2.05) is 6.07 Å². The Hall–Kier alpha value is -2.57. The van der Waals surface area contributed by atoms with E-state index >= 15 is 0 Å². The third-order valence-electron chi connectivity index (χ3n) is 3.77. The number of methoxy groups -OCH3 is 1. The predicted molar refractivity (Wildman–Crippen MR) is 98.6 cm³/mol. The number of aryl methyl sites for hydroxylation is 2. The molecule has 142 valence electrons. The number of nitrogens with zero attached hydrogens (tertiary/aromatic N) is 2. The summed E-state index contributed by atoms with van der Waals surface area (Å²) in [6.07, 6.45) is 4.38. The number of unbranched alkanes of at least 4 members (excludes halogenated alkanes) is 1. The molecular formula is C19H27N3O4. The largest absolute Gasteiger partial charge is 0.497 e. The number of hydrogen-bond donors (Lipinski definition) is 1. The van der Waals surface area contributed by atoms with Gasteiger partial charge in [0.15, 0.2) is 5.82 Å². The van der Waals surface area contributed by atoms with Crippen LogP contribution in [0.25, 0.3) is 0 Å². The van der Waals surface area contributed by atoms with Crippen molar-refractivity contribution in [2.24, 2.45) is 0 Å². The van der Waals surface area contributed by atoms with Crippen LogP contribution in [0, 0.1) is 0 Å². The van der Waals surface area contributed by atoms with Gasteiger partial charge in [-0.05, 0) is 25.0 Å². The van der Waals surface area contributed by atoms with Crippen molar-refractivity contribution in [2.45, 2.75) is 52.4 Å². The second-order valence-electron chi connectivity index (χ2n) is 5.97. The Labute approximate surface area is 154 Å². The van der Waals surface area contributed by atoms with Crippen LogP contribution in [0.3, 0.4) is 0 Å². The summed E-state index contributed by atoms with van der Waals surface area (Å²) < 4.78 is 16.1. The number of hydrogen-bond acceptors (Lipinski definition) is 6. The number of anilines is 1. The molecule has 0 saturated carbocycles. The van der Waals surface area contributed by atoms with Gasteiger partial charge in [-0.3, -0.25) is 4.79 Å².